The van der Waals surface area contributed by atoms with Gasteiger partial charge in [-0.1, -0.05) is 41.1 Å². The van der Waals surface area contributed by atoms with Crippen molar-refractivity contribution < 1.29 is 9.53 Å². The number of halogens is 1. The summed E-state index contributed by atoms with van der Waals surface area (Å²) in [6.45, 7) is 4.49. The smallest absolute Gasteiger partial charge is 0.259 e. The molecular formula is C17H18BrNO2. The molecule has 0 spiro atoms. The van der Waals surface area contributed by atoms with Gasteiger partial charge in [0.05, 0.1) is 12.2 Å². The second-order valence-electron chi connectivity index (χ2n) is 4.54. The van der Waals surface area contributed by atoms with Gasteiger partial charge in [0.15, 0.2) is 0 Å². The Bertz CT molecular complexity index is 640. The van der Waals surface area contributed by atoms with Gasteiger partial charge in [0.25, 0.3) is 5.91 Å². The van der Waals surface area contributed by atoms with E-state index in [0.717, 1.165) is 22.1 Å². The topological polar surface area (TPSA) is 38.3 Å². The molecule has 0 atom stereocenters. The van der Waals surface area contributed by atoms with Crippen molar-refractivity contribution in [2.75, 3.05) is 11.9 Å². The van der Waals surface area contributed by atoms with E-state index in [9.17, 15) is 4.79 Å². The fourth-order valence-electron chi connectivity index (χ4n) is 2.10. The number of benzene rings is 2. The van der Waals surface area contributed by atoms with E-state index in [4.69, 9.17) is 4.74 Å². The molecule has 21 heavy (non-hydrogen) atoms. The number of carbonyl (C=O) groups excluding carboxylic acids is 1. The lowest BCUT2D eigenvalue weighted by atomic mass is 10.1. The summed E-state index contributed by atoms with van der Waals surface area (Å²) >= 11 is 3.39. The van der Waals surface area contributed by atoms with Gasteiger partial charge in [-0.3, -0.25) is 4.79 Å². The molecule has 0 aliphatic heterocycles. The molecule has 0 radical (unpaired) electrons. The average Bonchev–Trinajstić information content (AvgIpc) is 2.49. The van der Waals surface area contributed by atoms with Crippen LogP contribution in [0.2, 0.25) is 0 Å². The second-order valence-corrected chi connectivity index (χ2v) is 5.45. The molecule has 2 rings (SSSR count). The maximum atomic E-state index is 12.5. The molecule has 4 heteroatoms. The third-order valence-electron chi connectivity index (χ3n) is 3.13. The van der Waals surface area contributed by atoms with Gasteiger partial charge < -0.3 is 10.1 Å². The predicted molar refractivity (Wildman–Crippen MR) is 89.1 cm³/mol. The quantitative estimate of drug-likeness (QED) is 0.853. The molecule has 0 aromatic heterocycles. The van der Waals surface area contributed by atoms with Crippen LogP contribution in [0.3, 0.4) is 0 Å². The average molecular weight is 348 g/mol. The summed E-state index contributed by atoms with van der Waals surface area (Å²) in [7, 11) is 0. The second kappa shape index (κ2) is 7.27. The highest BCUT2D eigenvalue weighted by atomic mass is 79.9. The highest BCUT2D eigenvalue weighted by Gasteiger charge is 2.14. The van der Waals surface area contributed by atoms with Crippen molar-refractivity contribution >= 4 is 27.5 Å². The summed E-state index contributed by atoms with van der Waals surface area (Å²) in [5.74, 6) is 0.424. The first-order valence-corrected chi connectivity index (χ1v) is 7.76. The number of hydrogen-bond acceptors (Lipinski definition) is 2. The fraction of sp³-hybridized carbons (Fsp3) is 0.235. The molecule has 0 aliphatic rings. The first kappa shape index (κ1) is 15.6. The van der Waals surface area contributed by atoms with Gasteiger partial charge >= 0.3 is 0 Å². The zero-order valence-corrected chi connectivity index (χ0v) is 13.7. The number of ether oxygens (including phenoxy) is 1. The largest absolute Gasteiger partial charge is 0.493 e. The lowest BCUT2D eigenvalue weighted by Crippen LogP contribution is -2.15. The Morgan fingerprint density at radius 3 is 2.67 bits per heavy atom. The fourth-order valence-corrected chi connectivity index (χ4v) is 2.46. The Kier molecular flexibility index (Phi) is 5.39. The first-order chi connectivity index (χ1) is 10.2. The molecule has 1 N–H and O–H groups in total. The van der Waals surface area contributed by atoms with E-state index in [-0.39, 0.29) is 5.91 Å². The molecule has 0 bridgehead atoms. The summed E-state index contributed by atoms with van der Waals surface area (Å²) in [5.41, 5.74) is 2.48. The molecule has 0 unspecified atom stereocenters. The van der Waals surface area contributed by atoms with Crippen molar-refractivity contribution in [1.82, 2.24) is 0 Å². The van der Waals surface area contributed by atoms with Crippen LogP contribution in [0.1, 0.15) is 29.8 Å². The predicted octanol–water partition coefficient (Wildman–Crippen LogP) is 4.66. The molecule has 0 aliphatic carbocycles. The van der Waals surface area contributed by atoms with Gasteiger partial charge in [-0.05, 0) is 43.2 Å². The monoisotopic (exact) mass is 347 g/mol. The lowest BCUT2D eigenvalue weighted by Gasteiger charge is -2.13. The SMILES string of the molecule is CCOc1ccc(Br)cc1C(=O)Nc1ccccc1CC. The Morgan fingerprint density at radius 2 is 1.95 bits per heavy atom. The van der Waals surface area contributed by atoms with E-state index in [1.807, 2.05) is 37.3 Å². The van der Waals surface area contributed by atoms with E-state index in [0.29, 0.717) is 17.9 Å². The Hall–Kier alpha value is -1.81. The van der Waals surface area contributed by atoms with Crippen molar-refractivity contribution in [3.05, 3.63) is 58.1 Å². The zero-order chi connectivity index (χ0) is 15.2. The van der Waals surface area contributed by atoms with Crippen LogP contribution in [0.15, 0.2) is 46.9 Å². The molecule has 0 fully saturated rings. The minimum Gasteiger partial charge on any atom is -0.493 e. The lowest BCUT2D eigenvalue weighted by molar-refractivity contribution is 0.102. The van der Waals surface area contributed by atoms with Gasteiger partial charge in [-0.15, -0.1) is 0 Å². The number of nitrogens with one attached hydrogen (secondary N) is 1. The van der Waals surface area contributed by atoms with Crippen LogP contribution in [-0.4, -0.2) is 12.5 Å². The highest BCUT2D eigenvalue weighted by molar-refractivity contribution is 9.10. The van der Waals surface area contributed by atoms with Crippen LogP contribution in [-0.2, 0) is 6.42 Å². The number of hydrogen-bond donors (Lipinski definition) is 1. The van der Waals surface area contributed by atoms with E-state index >= 15 is 0 Å². The molecule has 0 heterocycles. The minimum absolute atomic E-state index is 0.166. The van der Waals surface area contributed by atoms with Crippen molar-refractivity contribution in [1.29, 1.82) is 0 Å². The number of rotatable bonds is 5. The number of para-hydroxylation sites is 1. The minimum atomic E-state index is -0.166. The molecule has 0 saturated heterocycles. The molecule has 110 valence electrons. The summed E-state index contributed by atoms with van der Waals surface area (Å²) < 4.78 is 6.37. The van der Waals surface area contributed by atoms with Crippen molar-refractivity contribution in [3.8, 4) is 5.75 Å². The zero-order valence-electron chi connectivity index (χ0n) is 12.2. The van der Waals surface area contributed by atoms with Crippen LogP contribution in [0, 0.1) is 0 Å². The van der Waals surface area contributed by atoms with Gasteiger partial charge in [0.2, 0.25) is 0 Å². The van der Waals surface area contributed by atoms with E-state index in [1.54, 1.807) is 12.1 Å². The van der Waals surface area contributed by atoms with Crippen LogP contribution in [0.25, 0.3) is 0 Å². The summed E-state index contributed by atoms with van der Waals surface area (Å²) in [6.07, 6.45) is 0.868. The van der Waals surface area contributed by atoms with Crippen molar-refractivity contribution in [2.24, 2.45) is 0 Å². The van der Waals surface area contributed by atoms with Gasteiger partial charge in [-0.25, -0.2) is 0 Å². The standard InChI is InChI=1S/C17H18BrNO2/c1-3-12-7-5-6-8-15(12)19-17(20)14-11-13(18)9-10-16(14)21-4-2/h5-11H,3-4H2,1-2H3,(H,19,20). The number of carbonyl (C=O) groups is 1. The Labute approximate surface area is 133 Å². The van der Waals surface area contributed by atoms with Crippen molar-refractivity contribution in [3.63, 3.8) is 0 Å². The molecule has 2 aromatic rings. The third-order valence-corrected chi connectivity index (χ3v) is 3.63. The van der Waals surface area contributed by atoms with Crippen LogP contribution >= 0.6 is 15.9 Å². The van der Waals surface area contributed by atoms with Gasteiger partial charge in [0, 0.05) is 10.2 Å². The van der Waals surface area contributed by atoms with Crippen molar-refractivity contribution in [2.45, 2.75) is 20.3 Å². The number of anilines is 1. The third kappa shape index (κ3) is 3.85. The van der Waals surface area contributed by atoms with Crippen LogP contribution in [0.4, 0.5) is 5.69 Å². The molecular weight excluding hydrogens is 330 g/mol. The van der Waals surface area contributed by atoms with E-state index in [1.165, 1.54) is 0 Å². The number of aryl methyl sites for hydroxylation is 1. The normalized spacial score (nSPS) is 10.2. The Morgan fingerprint density at radius 1 is 1.19 bits per heavy atom. The maximum absolute atomic E-state index is 12.5. The number of amides is 1. The molecule has 2 aromatic carbocycles. The summed E-state index contributed by atoms with van der Waals surface area (Å²) in [5, 5.41) is 2.96. The van der Waals surface area contributed by atoms with Crippen LogP contribution in [0.5, 0.6) is 5.75 Å². The van der Waals surface area contributed by atoms with E-state index < -0.39 is 0 Å². The Balaban J connectivity index is 2.29. The molecule has 3 nitrogen and oxygen atoms in total. The molecule has 1 amide bonds. The first-order valence-electron chi connectivity index (χ1n) is 6.97. The van der Waals surface area contributed by atoms with E-state index in [2.05, 4.69) is 28.2 Å². The summed E-state index contributed by atoms with van der Waals surface area (Å²) in [4.78, 5) is 12.5. The van der Waals surface area contributed by atoms with Gasteiger partial charge in [-0.2, -0.15) is 0 Å². The summed E-state index contributed by atoms with van der Waals surface area (Å²) in [6, 6.07) is 13.2. The van der Waals surface area contributed by atoms with Gasteiger partial charge in [0.1, 0.15) is 5.75 Å². The maximum Gasteiger partial charge on any atom is 0.259 e. The van der Waals surface area contributed by atoms with Crippen LogP contribution < -0.4 is 10.1 Å². The molecule has 0 saturated carbocycles. The highest BCUT2D eigenvalue weighted by Crippen LogP contribution is 2.25.